The monoisotopic (exact) mass is 166 g/mol. The van der Waals surface area contributed by atoms with E-state index in [0.29, 0.717) is 0 Å². The summed E-state index contributed by atoms with van der Waals surface area (Å²) in [5.41, 5.74) is 3.08. The first-order valence-electron chi connectivity index (χ1n) is 2.24. The molecule has 0 aliphatic rings. The number of hydrogen-bond acceptors (Lipinski definition) is 2. The van der Waals surface area contributed by atoms with Gasteiger partial charge in [-0.15, -0.1) is 0 Å². The predicted octanol–water partition coefficient (Wildman–Crippen LogP) is 0.447. The van der Waals surface area contributed by atoms with Gasteiger partial charge in [-0.3, -0.25) is 10.4 Å². The summed E-state index contributed by atoms with van der Waals surface area (Å²) >= 11 is 3.29. The smallest absolute Gasteiger partial charge is 0.0199 e. The van der Waals surface area contributed by atoms with E-state index < -0.39 is 0 Å². The van der Waals surface area contributed by atoms with Crippen molar-refractivity contribution in [1.82, 2.24) is 10.4 Å². The van der Waals surface area contributed by atoms with Crippen LogP contribution in [0.25, 0.3) is 0 Å². The maximum Gasteiger partial charge on any atom is 0.0199 e. The lowest BCUT2D eigenvalue weighted by molar-refractivity contribution is 0.300. The highest BCUT2D eigenvalue weighted by atomic mass is 79.9. The number of nitrogens with zero attached hydrogens (tertiary/aromatic N) is 1. The van der Waals surface area contributed by atoms with Crippen molar-refractivity contribution in [2.45, 2.75) is 0 Å². The zero-order valence-corrected chi connectivity index (χ0v) is 6.33. The van der Waals surface area contributed by atoms with Crippen molar-refractivity contribution in [2.75, 3.05) is 26.0 Å². The molecule has 0 saturated carbocycles. The second-order valence-electron chi connectivity index (χ2n) is 1.49. The van der Waals surface area contributed by atoms with Crippen LogP contribution in [0.2, 0.25) is 0 Å². The Bertz CT molecular complexity index is 38.7. The number of alkyl halides is 1. The predicted molar refractivity (Wildman–Crippen MR) is 35.5 cm³/mol. The molecule has 0 aromatic carbocycles. The maximum atomic E-state index is 3.29. The van der Waals surface area contributed by atoms with Gasteiger partial charge in [0.1, 0.15) is 0 Å². The lowest BCUT2D eigenvalue weighted by atomic mass is 10.8. The normalized spacial score (nSPS) is 10.3. The highest BCUT2D eigenvalue weighted by Crippen LogP contribution is 1.73. The van der Waals surface area contributed by atoms with Gasteiger partial charge in [-0.25, -0.2) is 0 Å². The molecule has 0 radical (unpaired) electrons. The van der Waals surface area contributed by atoms with Crippen LogP contribution in [0.4, 0.5) is 0 Å². The van der Waals surface area contributed by atoms with Crippen molar-refractivity contribution in [2.24, 2.45) is 0 Å². The number of nitrogens with one attached hydrogen (secondary N) is 1. The quantitative estimate of drug-likeness (QED) is 0.484. The zero-order valence-electron chi connectivity index (χ0n) is 4.74. The van der Waals surface area contributed by atoms with Crippen LogP contribution in [-0.2, 0) is 0 Å². The van der Waals surface area contributed by atoms with Crippen molar-refractivity contribution in [3.8, 4) is 0 Å². The van der Waals surface area contributed by atoms with Crippen molar-refractivity contribution in [3.05, 3.63) is 0 Å². The lowest BCUT2D eigenvalue weighted by Gasteiger charge is -2.08. The Balaban J connectivity index is 2.68. The van der Waals surface area contributed by atoms with Crippen LogP contribution in [0, 0.1) is 0 Å². The molecule has 0 bridgehead atoms. The molecule has 0 saturated heterocycles. The molecule has 7 heavy (non-hydrogen) atoms. The Labute approximate surface area is 53.0 Å². The standard InChI is InChI=1S/C4H11BrN2/c1-7(2)6-4-3-5/h6H,3-4H2,1-2H3. The Morgan fingerprint density at radius 1 is 1.57 bits per heavy atom. The zero-order chi connectivity index (χ0) is 5.70. The molecule has 44 valence electrons. The first kappa shape index (κ1) is 7.40. The summed E-state index contributed by atoms with van der Waals surface area (Å²) < 4.78 is 0. The summed E-state index contributed by atoms with van der Waals surface area (Å²) in [5.74, 6) is 0. The van der Waals surface area contributed by atoms with E-state index in [2.05, 4.69) is 21.4 Å². The third-order valence-corrected chi connectivity index (χ3v) is 0.919. The van der Waals surface area contributed by atoms with Crippen molar-refractivity contribution in [3.63, 3.8) is 0 Å². The van der Waals surface area contributed by atoms with Gasteiger partial charge in [0.25, 0.3) is 0 Å². The highest BCUT2D eigenvalue weighted by Gasteiger charge is 1.81. The molecule has 0 aliphatic carbocycles. The largest absolute Gasteiger partial charge is 0.255 e. The number of rotatable bonds is 3. The van der Waals surface area contributed by atoms with Gasteiger partial charge in [-0.1, -0.05) is 15.9 Å². The molecule has 3 heteroatoms. The molecule has 0 amide bonds. The molecule has 0 rings (SSSR count). The van der Waals surface area contributed by atoms with Gasteiger partial charge in [-0.2, -0.15) is 0 Å². The van der Waals surface area contributed by atoms with E-state index in [1.54, 1.807) is 0 Å². The molecule has 0 unspecified atom stereocenters. The van der Waals surface area contributed by atoms with Gasteiger partial charge < -0.3 is 0 Å². The minimum atomic E-state index is 0.993. The van der Waals surface area contributed by atoms with Gasteiger partial charge in [0.2, 0.25) is 0 Å². The summed E-state index contributed by atoms with van der Waals surface area (Å²) in [6.07, 6.45) is 0. The van der Waals surface area contributed by atoms with Crippen LogP contribution < -0.4 is 5.43 Å². The van der Waals surface area contributed by atoms with Gasteiger partial charge in [0, 0.05) is 26.0 Å². The lowest BCUT2D eigenvalue weighted by Crippen LogP contribution is -2.31. The topological polar surface area (TPSA) is 15.3 Å². The number of hydrazine groups is 1. The van der Waals surface area contributed by atoms with Crippen molar-refractivity contribution in [1.29, 1.82) is 0 Å². The van der Waals surface area contributed by atoms with Crippen LogP contribution in [0.1, 0.15) is 0 Å². The molecule has 0 aromatic heterocycles. The van der Waals surface area contributed by atoms with Crippen molar-refractivity contribution >= 4 is 15.9 Å². The van der Waals surface area contributed by atoms with E-state index in [4.69, 9.17) is 0 Å². The summed E-state index contributed by atoms with van der Waals surface area (Å²) in [6, 6.07) is 0. The molecular formula is C4H11BrN2. The number of hydrogen-bond donors (Lipinski definition) is 1. The molecule has 0 atom stereocenters. The third kappa shape index (κ3) is 6.40. The van der Waals surface area contributed by atoms with Gasteiger partial charge in [0.05, 0.1) is 0 Å². The van der Waals surface area contributed by atoms with E-state index in [0.717, 1.165) is 11.9 Å². The van der Waals surface area contributed by atoms with E-state index in [9.17, 15) is 0 Å². The SMILES string of the molecule is CN(C)NCCBr. The third-order valence-electron chi connectivity index (χ3n) is 0.523. The van der Waals surface area contributed by atoms with Crippen LogP contribution in [0.15, 0.2) is 0 Å². The molecule has 0 fully saturated rings. The van der Waals surface area contributed by atoms with Crippen LogP contribution in [-0.4, -0.2) is 31.0 Å². The van der Waals surface area contributed by atoms with Gasteiger partial charge in [0.15, 0.2) is 0 Å². The van der Waals surface area contributed by atoms with Crippen molar-refractivity contribution < 1.29 is 0 Å². The Kier molecular flexibility index (Phi) is 4.82. The highest BCUT2D eigenvalue weighted by molar-refractivity contribution is 9.09. The fourth-order valence-corrected chi connectivity index (χ4v) is 0.443. The minimum absolute atomic E-state index is 0.993. The second kappa shape index (κ2) is 4.56. The van der Waals surface area contributed by atoms with E-state index in [1.165, 1.54) is 0 Å². The first-order valence-corrected chi connectivity index (χ1v) is 3.36. The van der Waals surface area contributed by atoms with Gasteiger partial charge in [-0.05, 0) is 0 Å². The number of halogens is 1. The molecular weight excluding hydrogens is 156 g/mol. The Morgan fingerprint density at radius 3 is 2.29 bits per heavy atom. The second-order valence-corrected chi connectivity index (χ2v) is 2.28. The Hall–Kier alpha value is 0.400. The fourth-order valence-electron chi connectivity index (χ4n) is 0.266. The molecule has 0 aromatic rings. The summed E-state index contributed by atoms with van der Waals surface area (Å²) in [4.78, 5) is 0. The molecule has 0 aliphatic heterocycles. The van der Waals surface area contributed by atoms with Gasteiger partial charge >= 0.3 is 0 Å². The van der Waals surface area contributed by atoms with Crippen LogP contribution in [0.3, 0.4) is 0 Å². The molecule has 0 spiro atoms. The van der Waals surface area contributed by atoms with E-state index in [1.807, 2.05) is 19.1 Å². The summed E-state index contributed by atoms with van der Waals surface area (Å²) in [7, 11) is 3.95. The fraction of sp³-hybridized carbons (Fsp3) is 1.00. The molecule has 2 nitrogen and oxygen atoms in total. The van der Waals surface area contributed by atoms with E-state index in [-0.39, 0.29) is 0 Å². The summed E-state index contributed by atoms with van der Waals surface area (Å²) in [6.45, 7) is 0.993. The Morgan fingerprint density at radius 2 is 2.14 bits per heavy atom. The minimum Gasteiger partial charge on any atom is -0.255 e. The van der Waals surface area contributed by atoms with Crippen LogP contribution >= 0.6 is 15.9 Å². The first-order chi connectivity index (χ1) is 3.27. The molecule has 0 heterocycles. The summed E-state index contributed by atoms with van der Waals surface area (Å²) in [5, 5.41) is 2.94. The maximum absolute atomic E-state index is 3.29. The average Bonchev–Trinajstić information content (AvgIpc) is 1.61. The molecule has 1 N–H and O–H groups in total. The van der Waals surface area contributed by atoms with Crippen LogP contribution in [0.5, 0.6) is 0 Å². The average molecular weight is 167 g/mol. The van der Waals surface area contributed by atoms with E-state index >= 15 is 0 Å².